The van der Waals surface area contributed by atoms with Gasteiger partial charge in [0, 0.05) is 25.7 Å². The lowest BCUT2D eigenvalue weighted by Gasteiger charge is -2.25. The van der Waals surface area contributed by atoms with Crippen LogP contribution >= 0.6 is 0 Å². The fraction of sp³-hybridized carbons (Fsp3) is 0.350. The normalized spacial score (nSPS) is 16.3. The molecule has 1 atom stereocenters. The molecule has 2 aromatic rings. The van der Waals surface area contributed by atoms with Crippen molar-refractivity contribution in [3.63, 3.8) is 0 Å². The third kappa shape index (κ3) is 4.04. The van der Waals surface area contributed by atoms with Gasteiger partial charge >= 0.3 is 0 Å². The van der Waals surface area contributed by atoms with Crippen molar-refractivity contribution < 1.29 is 17.6 Å². The average Bonchev–Trinajstić information content (AvgIpc) is 3.23. The predicted molar refractivity (Wildman–Crippen MR) is 101 cm³/mol. The summed E-state index contributed by atoms with van der Waals surface area (Å²) >= 11 is 0. The van der Waals surface area contributed by atoms with Crippen LogP contribution in [0.2, 0.25) is 0 Å². The van der Waals surface area contributed by atoms with E-state index < -0.39 is 10.0 Å². The Morgan fingerprint density at radius 2 is 1.59 bits per heavy atom. The first-order valence-corrected chi connectivity index (χ1v) is 10.4. The second kappa shape index (κ2) is 7.78. The molecule has 1 amide bonds. The molecule has 0 unspecified atom stereocenters. The zero-order valence-electron chi connectivity index (χ0n) is 15.4. The van der Waals surface area contributed by atoms with Crippen molar-refractivity contribution in [3.8, 4) is 0 Å². The van der Waals surface area contributed by atoms with E-state index in [4.69, 9.17) is 0 Å². The summed E-state index contributed by atoms with van der Waals surface area (Å²) in [5.41, 5.74) is 1.23. The predicted octanol–water partition coefficient (Wildman–Crippen LogP) is 3.44. The van der Waals surface area contributed by atoms with Crippen molar-refractivity contribution in [1.29, 1.82) is 0 Å². The van der Waals surface area contributed by atoms with Gasteiger partial charge in [0.2, 0.25) is 10.0 Å². The summed E-state index contributed by atoms with van der Waals surface area (Å²) < 4.78 is 39.7. The van der Waals surface area contributed by atoms with E-state index in [0.717, 1.165) is 18.4 Å². The summed E-state index contributed by atoms with van der Waals surface area (Å²) in [5, 5.41) is 0. The van der Waals surface area contributed by atoms with E-state index in [1.165, 1.54) is 28.6 Å². The molecule has 1 aliphatic rings. The molecule has 1 saturated heterocycles. The highest BCUT2D eigenvalue weighted by Gasteiger charge is 2.27. The molecule has 3 rings (SSSR count). The van der Waals surface area contributed by atoms with E-state index in [1.54, 1.807) is 36.2 Å². The Kier molecular flexibility index (Phi) is 5.62. The summed E-state index contributed by atoms with van der Waals surface area (Å²) in [6, 6.07) is 11.8. The van der Waals surface area contributed by atoms with Crippen LogP contribution in [0.15, 0.2) is 53.4 Å². The summed E-state index contributed by atoms with van der Waals surface area (Å²) in [6.45, 7) is 2.94. The number of sulfonamides is 1. The van der Waals surface area contributed by atoms with Crippen molar-refractivity contribution in [2.45, 2.75) is 30.7 Å². The number of nitrogens with zero attached hydrogens (tertiary/aromatic N) is 2. The van der Waals surface area contributed by atoms with E-state index in [9.17, 15) is 17.6 Å². The summed E-state index contributed by atoms with van der Waals surface area (Å²) in [5.74, 6) is -0.549. The molecule has 1 heterocycles. The summed E-state index contributed by atoms with van der Waals surface area (Å²) in [4.78, 5) is 14.5. The Labute approximate surface area is 159 Å². The van der Waals surface area contributed by atoms with Gasteiger partial charge in [-0.25, -0.2) is 12.8 Å². The maximum atomic E-state index is 13.1. The number of carbonyl (C=O) groups is 1. The van der Waals surface area contributed by atoms with Crippen LogP contribution in [0.4, 0.5) is 4.39 Å². The Balaban J connectivity index is 1.76. The minimum atomic E-state index is -3.49. The number of hydrogen-bond acceptors (Lipinski definition) is 3. The highest BCUT2D eigenvalue weighted by atomic mass is 32.2. The second-order valence-corrected chi connectivity index (χ2v) is 8.72. The van der Waals surface area contributed by atoms with Crippen LogP contribution in [0.3, 0.4) is 0 Å². The van der Waals surface area contributed by atoms with E-state index in [1.807, 2.05) is 6.92 Å². The standard InChI is InChI=1S/C20H23FN2O3S/c1-15(16-5-9-18(21)10-6-16)22(2)20(24)17-7-11-19(12-8-17)27(25,26)23-13-3-4-14-23/h5-12,15H,3-4,13-14H2,1-2H3/t15-/m1/s1. The van der Waals surface area contributed by atoms with E-state index in [0.29, 0.717) is 18.7 Å². The van der Waals surface area contributed by atoms with Crippen molar-refractivity contribution in [2.24, 2.45) is 0 Å². The van der Waals surface area contributed by atoms with Gasteiger partial charge in [0.1, 0.15) is 5.82 Å². The minimum absolute atomic E-state index is 0.204. The number of benzene rings is 2. The third-order valence-corrected chi connectivity index (χ3v) is 6.97. The molecule has 0 saturated carbocycles. The van der Waals surface area contributed by atoms with E-state index >= 15 is 0 Å². The van der Waals surface area contributed by atoms with E-state index in [2.05, 4.69) is 0 Å². The SMILES string of the molecule is C[C@H](c1ccc(F)cc1)N(C)C(=O)c1ccc(S(=O)(=O)N2CCCC2)cc1. The molecule has 1 aliphatic heterocycles. The van der Waals surface area contributed by atoms with Gasteiger partial charge in [0.25, 0.3) is 5.91 Å². The Morgan fingerprint density at radius 1 is 1.04 bits per heavy atom. The van der Waals surface area contributed by atoms with Crippen molar-refractivity contribution in [1.82, 2.24) is 9.21 Å². The zero-order chi connectivity index (χ0) is 19.6. The maximum Gasteiger partial charge on any atom is 0.254 e. The van der Waals surface area contributed by atoms with Crippen LogP contribution < -0.4 is 0 Å². The molecule has 0 spiro atoms. The molecule has 2 aromatic carbocycles. The highest BCUT2D eigenvalue weighted by molar-refractivity contribution is 7.89. The average molecular weight is 390 g/mol. The monoisotopic (exact) mass is 390 g/mol. The van der Waals surface area contributed by atoms with Crippen LogP contribution in [-0.2, 0) is 10.0 Å². The lowest BCUT2D eigenvalue weighted by atomic mass is 10.1. The third-order valence-electron chi connectivity index (χ3n) is 5.06. The molecular formula is C20H23FN2O3S. The van der Waals surface area contributed by atoms with Crippen LogP contribution in [0.1, 0.15) is 41.7 Å². The van der Waals surface area contributed by atoms with Gasteiger partial charge in [-0.05, 0) is 61.7 Å². The molecule has 0 aliphatic carbocycles. The zero-order valence-corrected chi connectivity index (χ0v) is 16.2. The molecule has 7 heteroatoms. The number of carbonyl (C=O) groups excluding carboxylic acids is 1. The fourth-order valence-electron chi connectivity index (χ4n) is 3.19. The number of amides is 1. The molecule has 0 bridgehead atoms. The minimum Gasteiger partial charge on any atom is -0.335 e. The molecule has 1 fully saturated rings. The van der Waals surface area contributed by atoms with Gasteiger partial charge in [-0.15, -0.1) is 0 Å². The largest absolute Gasteiger partial charge is 0.335 e. The lowest BCUT2D eigenvalue weighted by Crippen LogP contribution is -2.30. The molecule has 27 heavy (non-hydrogen) atoms. The summed E-state index contributed by atoms with van der Waals surface area (Å²) in [6.07, 6.45) is 1.75. The topological polar surface area (TPSA) is 57.7 Å². The first-order valence-electron chi connectivity index (χ1n) is 8.93. The van der Waals surface area contributed by atoms with Gasteiger partial charge in [0.05, 0.1) is 10.9 Å². The van der Waals surface area contributed by atoms with Gasteiger partial charge in [-0.1, -0.05) is 12.1 Å². The Hall–Kier alpha value is -2.25. The molecule has 0 radical (unpaired) electrons. The Bertz CT molecular complexity index is 905. The van der Waals surface area contributed by atoms with Crippen molar-refractivity contribution in [2.75, 3.05) is 20.1 Å². The number of rotatable bonds is 5. The van der Waals surface area contributed by atoms with Gasteiger partial charge in [-0.3, -0.25) is 4.79 Å². The second-order valence-electron chi connectivity index (χ2n) is 6.78. The molecule has 0 N–H and O–H groups in total. The lowest BCUT2D eigenvalue weighted by molar-refractivity contribution is 0.0742. The molecular weight excluding hydrogens is 367 g/mol. The van der Waals surface area contributed by atoms with Crippen LogP contribution in [0.25, 0.3) is 0 Å². The summed E-state index contributed by atoms with van der Waals surface area (Å²) in [7, 11) is -1.82. The highest BCUT2D eigenvalue weighted by Crippen LogP contribution is 2.24. The first-order chi connectivity index (χ1) is 12.8. The fourth-order valence-corrected chi connectivity index (χ4v) is 4.71. The van der Waals surface area contributed by atoms with Crippen molar-refractivity contribution in [3.05, 3.63) is 65.5 Å². The first kappa shape index (κ1) is 19.5. The van der Waals surface area contributed by atoms with Crippen LogP contribution in [-0.4, -0.2) is 43.7 Å². The molecule has 5 nitrogen and oxygen atoms in total. The van der Waals surface area contributed by atoms with Gasteiger partial charge < -0.3 is 4.90 Å². The molecule has 0 aromatic heterocycles. The van der Waals surface area contributed by atoms with Crippen LogP contribution in [0.5, 0.6) is 0 Å². The smallest absolute Gasteiger partial charge is 0.254 e. The van der Waals surface area contributed by atoms with Gasteiger partial charge in [0.15, 0.2) is 0 Å². The number of halogens is 1. The van der Waals surface area contributed by atoms with E-state index in [-0.39, 0.29) is 22.7 Å². The van der Waals surface area contributed by atoms with Gasteiger partial charge in [-0.2, -0.15) is 4.31 Å². The Morgan fingerprint density at radius 3 is 2.15 bits per heavy atom. The quantitative estimate of drug-likeness (QED) is 0.786. The van der Waals surface area contributed by atoms with Crippen LogP contribution in [0, 0.1) is 5.82 Å². The van der Waals surface area contributed by atoms with Crippen molar-refractivity contribution >= 4 is 15.9 Å². The maximum absolute atomic E-state index is 13.1. The molecule has 144 valence electrons. The number of hydrogen-bond donors (Lipinski definition) is 0.